The van der Waals surface area contributed by atoms with Gasteiger partial charge in [0, 0.05) is 39.1 Å². The van der Waals surface area contributed by atoms with E-state index in [9.17, 15) is 9.59 Å². The lowest BCUT2D eigenvalue weighted by Gasteiger charge is -2.30. The van der Waals surface area contributed by atoms with Crippen LogP contribution in [-0.4, -0.2) is 60.6 Å². The fourth-order valence-corrected chi connectivity index (χ4v) is 3.99. The van der Waals surface area contributed by atoms with Crippen LogP contribution in [-0.2, 0) is 20.9 Å². The summed E-state index contributed by atoms with van der Waals surface area (Å²) in [6.07, 6.45) is 4.73. The summed E-state index contributed by atoms with van der Waals surface area (Å²) in [5.41, 5.74) is 1.00. The number of nitrogens with zero attached hydrogens (tertiary/aromatic N) is 4. The molecule has 0 saturated carbocycles. The average molecular weight is 449 g/mol. The highest BCUT2D eigenvalue weighted by atomic mass is 16.5. The summed E-state index contributed by atoms with van der Waals surface area (Å²) < 4.78 is 10.6. The van der Waals surface area contributed by atoms with Crippen LogP contribution in [0, 0.1) is 5.92 Å². The van der Waals surface area contributed by atoms with E-state index in [-0.39, 0.29) is 24.4 Å². The largest absolute Gasteiger partial charge is 0.497 e. The van der Waals surface area contributed by atoms with Crippen LogP contribution in [0.3, 0.4) is 0 Å². The number of fused-ring (bicyclic) bond motifs is 1. The van der Waals surface area contributed by atoms with E-state index in [1.807, 2.05) is 30.3 Å². The van der Waals surface area contributed by atoms with E-state index in [2.05, 4.69) is 20.9 Å². The summed E-state index contributed by atoms with van der Waals surface area (Å²) in [5, 5.41) is 2.15. The van der Waals surface area contributed by atoms with Crippen molar-refractivity contribution in [3.8, 4) is 5.75 Å². The number of carbonyl (C=O) groups is 2. The van der Waals surface area contributed by atoms with E-state index in [1.165, 1.54) is 0 Å². The van der Waals surface area contributed by atoms with Crippen molar-refractivity contribution in [2.24, 2.45) is 5.92 Å². The van der Waals surface area contributed by atoms with Crippen molar-refractivity contribution in [1.29, 1.82) is 0 Å². The van der Waals surface area contributed by atoms with Crippen molar-refractivity contribution in [2.45, 2.75) is 19.4 Å². The first-order valence-electron chi connectivity index (χ1n) is 11.0. The molecule has 1 aliphatic rings. The normalized spacial score (nSPS) is 14.2. The third-order valence-electron chi connectivity index (χ3n) is 5.96. The number of esters is 1. The molecular weight excluding hydrogens is 420 g/mol. The molecule has 1 aliphatic heterocycles. The number of anilines is 1. The van der Waals surface area contributed by atoms with Crippen LogP contribution in [0.25, 0.3) is 10.8 Å². The Bertz CT molecular complexity index is 1110. The first kappa shape index (κ1) is 22.5. The highest BCUT2D eigenvalue weighted by molar-refractivity contribution is 5.85. The first-order chi connectivity index (χ1) is 16.0. The molecular formula is C25H28N4O4. The molecule has 3 aromatic rings. The van der Waals surface area contributed by atoms with E-state index in [1.54, 1.807) is 37.5 Å². The lowest BCUT2D eigenvalue weighted by Crippen LogP contribution is -2.38. The third-order valence-corrected chi connectivity index (χ3v) is 5.96. The molecule has 4 rings (SSSR count). The molecule has 0 unspecified atom stereocenters. The van der Waals surface area contributed by atoms with Gasteiger partial charge in [0.2, 0.25) is 5.95 Å². The monoisotopic (exact) mass is 448 g/mol. The Morgan fingerprint density at radius 1 is 1.06 bits per heavy atom. The standard InChI is InChI=1S/C25H28N4O4/c1-28(16-18-4-5-21-15-22(32-2)7-6-20(21)14-18)23(30)17-33-24(31)19-8-12-29(13-9-19)25-26-10-3-11-27-25/h3-7,10-11,14-15,19H,8-9,12-13,16-17H2,1-2H3. The lowest BCUT2D eigenvalue weighted by molar-refractivity contribution is -0.155. The molecule has 0 aliphatic carbocycles. The fraction of sp³-hybridized carbons (Fsp3) is 0.360. The maximum Gasteiger partial charge on any atom is 0.309 e. The topological polar surface area (TPSA) is 84.9 Å². The van der Waals surface area contributed by atoms with E-state index in [4.69, 9.17) is 9.47 Å². The number of ether oxygens (including phenoxy) is 2. The molecule has 1 fully saturated rings. The van der Waals surface area contributed by atoms with Gasteiger partial charge in [-0.2, -0.15) is 0 Å². The smallest absolute Gasteiger partial charge is 0.309 e. The van der Waals surface area contributed by atoms with Gasteiger partial charge in [0.1, 0.15) is 5.75 Å². The summed E-state index contributed by atoms with van der Waals surface area (Å²) >= 11 is 0. The van der Waals surface area contributed by atoms with Gasteiger partial charge in [-0.1, -0.05) is 18.2 Å². The molecule has 8 heteroatoms. The van der Waals surface area contributed by atoms with Gasteiger partial charge in [0.05, 0.1) is 13.0 Å². The van der Waals surface area contributed by atoms with Gasteiger partial charge in [-0.15, -0.1) is 0 Å². The van der Waals surface area contributed by atoms with Crippen LogP contribution < -0.4 is 9.64 Å². The number of carbonyl (C=O) groups excluding carboxylic acids is 2. The van der Waals surface area contributed by atoms with Gasteiger partial charge < -0.3 is 19.3 Å². The van der Waals surface area contributed by atoms with Crippen LogP contribution in [0.15, 0.2) is 54.9 Å². The second-order valence-corrected chi connectivity index (χ2v) is 8.22. The molecule has 172 valence electrons. The molecule has 1 aromatic heterocycles. The lowest BCUT2D eigenvalue weighted by atomic mass is 9.97. The Morgan fingerprint density at radius 3 is 2.48 bits per heavy atom. The van der Waals surface area contributed by atoms with Gasteiger partial charge in [0.15, 0.2) is 6.61 Å². The number of aromatic nitrogens is 2. The van der Waals surface area contributed by atoms with Crippen molar-refractivity contribution in [3.63, 3.8) is 0 Å². The molecule has 1 amide bonds. The van der Waals surface area contributed by atoms with Crippen molar-refractivity contribution in [1.82, 2.24) is 14.9 Å². The maximum absolute atomic E-state index is 12.5. The van der Waals surface area contributed by atoms with E-state index < -0.39 is 0 Å². The van der Waals surface area contributed by atoms with Gasteiger partial charge >= 0.3 is 5.97 Å². The number of benzene rings is 2. The molecule has 1 saturated heterocycles. The summed E-state index contributed by atoms with van der Waals surface area (Å²) in [4.78, 5) is 37.1. The zero-order valence-corrected chi connectivity index (χ0v) is 18.9. The minimum Gasteiger partial charge on any atom is -0.497 e. The number of rotatable bonds is 7. The molecule has 0 radical (unpaired) electrons. The number of methoxy groups -OCH3 is 1. The number of amides is 1. The summed E-state index contributed by atoms with van der Waals surface area (Å²) in [6, 6.07) is 13.7. The van der Waals surface area contributed by atoms with E-state index in [0.717, 1.165) is 22.1 Å². The SMILES string of the molecule is COc1ccc2cc(CN(C)C(=O)COC(=O)C3CCN(c4ncccn4)CC3)ccc2c1. The average Bonchev–Trinajstić information content (AvgIpc) is 2.87. The van der Waals surface area contributed by atoms with Crippen LogP contribution in [0.5, 0.6) is 5.75 Å². The quantitative estimate of drug-likeness (QED) is 0.514. The third kappa shape index (κ3) is 5.58. The van der Waals surface area contributed by atoms with Gasteiger partial charge in [-0.05, 0) is 53.4 Å². The second-order valence-electron chi connectivity index (χ2n) is 8.22. The Kier molecular flexibility index (Phi) is 7.02. The minimum atomic E-state index is -0.315. The van der Waals surface area contributed by atoms with Crippen LogP contribution in [0.4, 0.5) is 5.95 Å². The first-order valence-corrected chi connectivity index (χ1v) is 11.0. The minimum absolute atomic E-state index is 0.208. The fourth-order valence-electron chi connectivity index (χ4n) is 3.99. The summed E-state index contributed by atoms with van der Waals surface area (Å²) in [7, 11) is 3.36. The van der Waals surface area contributed by atoms with E-state index >= 15 is 0 Å². The molecule has 2 aromatic carbocycles. The van der Waals surface area contributed by atoms with Crippen molar-refractivity contribution < 1.29 is 19.1 Å². The summed E-state index contributed by atoms with van der Waals surface area (Å²) in [5.74, 6) is 0.733. The van der Waals surface area contributed by atoms with Gasteiger partial charge in [-0.3, -0.25) is 9.59 Å². The molecule has 8 nitrogen and oxygen atoms in total. The second kappa shape index (κ2) is 10.3. The molecule has 2 heterocycles. The number of piperidine rings is 1. The zero-order valence-electron chi connectivity index (χ0n) is 18.9. The summed E-state index contributed by atoms with van der Waals surface area (Å²) in [6.45, 7) is 1.56. The highest BCUT2D eigenvalue weighted by Crippen LogP contribution is 2.23. The molecule has 0 bridgehead atoms. The van der Waals surface area contributed by atoms with Crippen LogP contribution in [0.1, 0.15) is 18.4 Å². The predicted octanol–water partition coefficient (Wildman–Crippen LogP) is 3.06. The number of likely N-dealkylation sites (N-methyl/N-ethyl adjacent to an activating group) is 1. The Morgan fingerprint density at radius 2 is 1.76 bits per heavy atom. The number of hydrogen-bond acceptors (Lipinski definition) is 7. The van der Waals surface area contributed by atoms with Crippen LogP contribution >= 0.6 is 0 Å². The van der Waals surface area contributed by atoms with Crippen LogP contribution in [0.2, 0.25) is 0 Å². The van der Waals surface area contributed by atoms with Gasteiger partial charge in [0.25, 0.3) is 5.91 Å². The Balaban J connectivity index is 1.24. The van der Waals surface area contributed by atoms with Crippen molar-refractivity contribution in [3.05, 3.63) is 60.4 Å². The van der Waals surface area contributed by atoms with Crippen molar-refractivity contribution in [2.75, 3.05) is 38.8 Å². The van der Waals surface area contributed by atoms with Gasteiger partial charge in [-0.25, -0.2) is 9.97 Å². The maximum atomic E-state index is 12.5. The van der Waals surface area contributed by atoms with E-state index in [0.29, 0.717) is 38.4 Å². The molecule has 0 spiro atoms. The highest BCUT2D eigenvalue weighted by Gasteiger charge is 2.28. The molecule has 0 N–H and O–H groups in total. The number of hydrogen-bond donors (Lipinski definition) is 0. The predicted molar refractivity (Wildman–Crippen MR) is 125 cm³/mol. The zero-order chi connectivity index (χ0) is 23.2. The Hall–Kier alpha value is -3.68. The molecule has 0 atom stereocenters. The Labute approximate surface area is 193 Å². The molecule has 33 heavy (non-hydrogen) atoms. The van der Waals surface area contributed by atoms with Crippen molar-refractivity contribution >= 4 is 28.6 Å².